The average Bonchev–Trinajstić information content (AvgIpc) is 2.48. The molecule has 0 unspecified atom stereocenters. The number of carbonyl (C=O) groups excluding carboxylic acids is 1. The van der Waals surface area contributed by atoms with E-state index in [1.165, 1.54) is 6.20 Å². The molecule has 0 saturated heterocycles. The molecule has 2 aromatic rings. The first-order chi connectivity index (χ1) is 9.70. The Kier molecular flexibility index (Phi) is 4.60. The van der Waals surface area contributed by atoms with Crippen LogP contribution in [-0.4, -0.2) is 27.4 Å². The quantitative estimate of drug-likeness (QED) is 0.872. The molecule has 0 aliphatic carbocycles. The second-order valence-electron chi connectivity index (χ2n) is 4.36. The van der Waals surface area contributed by atoms with E-state index in [1.807, 2.05) is 6.92 Å². The maximum absolute atomic E-state index is 12.1. The topological polar surface area (TPSA) is 79.8 Å². The molecule has 20 heavy (non-hydrogen) atoms. The fourth-order valence-corrected chi connectivity index (χ4v) is 1.61. The number of rotatable bonds is 5. The van der Waals surface area contributed by atoms with Gasteiger partial charge in [-0.3, -0.25) is 14.8 Å². The van der Waals surface area contributed by atoms with Crippen LogP contribution in [0.1, 0.15) is 29.4 Å². The summed E-state index contributed by atoms with van der Waals surface area (Å²) in [6.45, 7) is 4.74. The lowest BCUT2D eigenvalue weighted by Gasteiger charge is -2.08. The van der Waals surface area contributed by atoms with E-state index in [0.717, 1.165) is 24.2 Å². The number of amides is 1. The van der Waals surface area contributed by atoms with Crippen molar-refractivity contribution in [1.82, 2.24) is 15.0 Å². The molecular weight excluding hydrogens is 254 g/mol. The van der Waals surface area contributed by atoms with Crippen molar-refractivity contribution in [2.75, 3.05) is 17.2 Å². The van der Waals surface area contributed by atoms with Crippen molar-refractivity contribution in [2.24, 2.45) is 0 Å². The van der Waals surface area contributed by atoms with Crippen LogP contribution in [-0.2, 0) is 0 Å². The Hall–Kier alpha value is -2.50. The number of hydrogen-bond donors (Lipinski definition) is 2. The summed E-state index contributed by atoms with van der Waals surface area (Å²) < 4.78 is 0. The van der Waals surface area contributed by atoms with Crippen LogP contribution in [0.2, 0.25) is 0 Å². The van der Waals surface area contributed by atoms with E-state index < -0.39 is 0 Å². The lowest BCUT2D eigenvalue weighted by atomic mass is 10.2. The van der Waals surface area contributed by atoms with Crippen molar-refractivity contribution in [2.45, 2.75) is 20.3 Å². The van der Waals surface area contributed by atoms with Gasteiger partial charge in [0.15, 0.2) is 0 Å². The highest BCUT2D eigenvalue weighted by Crippen LogP contribution is 2.13. The van der Waals surface area contributed by atoms with Crippen molar-refractivity contribution in [1.29, 1.82) is 0 Å². The second kappa shape index (κ2) is 6.60. The Morgan fingerprint density at radius 2 is 2.10 bits per heavy atom. The van der Waals surface area contributed by atoms with E-state index in [1.54, 1.807) is 24.7 Å². The van der Waals surface area contributed by atoms with Crippen LogP contribution in [0.4, 0.5) is 11.5 Å². The number of aromatic nitrogens is 3. The Bertz CT molecular complexity index is 600. The van der Waals surface area contributed by atoms with Gasteiger partial charge in [-0.1, -0.05) is 6.92 Å². The molecule has 1 amide bonds. The summed E-state index contributed by atoms with van der Waals surface area (Å²) in [6.07, 6.45) is 7.36. The van der Waals surface area contributed by atoms with E-state index in [-0.39, 0.29) is 11.6 Å². The van der Waals surface area contributed by atoms with Crippen LogP contribution in [0.3, 0.4) is 0 Å². The van der Waals surface area contributed by atoms with Gasteiger partial charge in [0.25, 0.3) is 5.91 Å². The van der Waals surface area contributed by atoms with Crippen LogP contribution >= 0.6 is 0 Å². The maximum atomic E-state index is 12.1. The molecule has 0 atom stereocenters. The molecule has 104 valence electrons. The van der Waals surface area contributed by atoms with E-state index >= 15 is 0 Å². The summed E-state index contributed by atoms with van der Waals surface area (Å²) in [7, 11) is 0. The molecule has 0 aliphatic rings. The largest absolute Gasteiger partial charge is 0.369 e. The van der Waals surface area contributed by atoms with Crippen LogP contribution < -0.4 is 10.6 Å². The van der Waals surface area contributed by atoms with Gasteiger partial charge in [0.2, 0.25) is 0 Å². The third-order valence-corrected chi connectivity index (χ3v) is 2.69. The smallest absolute Gasteiger partial charge is 0.275 e. The van der Waals surface area contributed by atoms with E-state index in [4.69, 9.17) is 0 Å². The van der Waals surface area contributed by atoms with Crippen molar-refractivity contribution in [3.05, 3.63) is 42.1 Å². The molecule has 6 nitrogen and oxygen atoms in total. The number of hydrogen-bond acceptors (Lipinski definition) is 5. The summed E-state index contributed by atoms with van der Waals surface area (Å²) >= 11 is 0. The molecule has 6 heteroatoms. The van der Waals surface area contributed by atoms with E-state index in [0.29, 0.717) is 5.82 Å². The molecule has 2 rings (SSSR count). The van der Waals surface area contributed by atoms with Crippen molar-refractivity contribution in [3.63, 3.8) is 0 Å². The highest BCUT2D eigenvalue weighted by molar-refractivity contribution is 6.03. The molecule has 2 heterocycles. The molecule has 0 spiro atoms. The number of aryl methyl sites for hydroxylation is 1. The molecule has 0 bridgehead atoms. The number of anilines is 2. The summed E-state index contributed by atoms with van der Waals surface area (Å²) in [6, 6.07) is 1.75. The van der Waals surface area contributed by atoms with Gasteiger partial charge in [-0.25, -0.2) is 4.98 Å². The zero-order chi connectivity index (χ0) is 14.4. The van der Waals surface area contributed by atoms with Gasteiger partial charge >= 0.3 is 0 Å². The van der Waals surface area contributed by atoms with Gasteiger partial charge in [0, 0.05) is 24.6 Å². The van der Waals surface area contributed by atoms with Crippen LogP contribution in [0.5, 0.6) is 0 Å². The zero-order valence-electron chi connectivity index (χ0n) is 11.6. The maximum Gasteiger partial charge on any atom is 0.275 e. The fourth-order valence-electron chi connectivity index (χ4n) is 1.61. The lowest BCUT2D eigenvalue weighted by Crippen LogP contribution is -2.16. The molecule has 0 aliphatic heterocycles. The van der Waals surface area contributed by atoms with Gasteiger partial charge in [-0.2, -0.15) is 0 Å². The first-order valence-corrected chi connectivity index (χ1v) is 6.48. The minimum absolute atomic E-state index is 0.280. The minimum Gasteiger partial charge on any atom is -0.369 e. The molecular formula is C14H17N5O. The van der Waals surface area contributed by atoms with Crippen molar-refractivity contribution in [3.8, 4) is 0 Å². The normalized spacial score (nSPS) is 10.1. The fraction of sp³-hybridized carbons (Fsp3) is 0.286. The zero-order valence-corrected chi connectivity index (χ0v) is 11.6. The first-order valence-electron chi connectivity index (χ1n) is 6.48. The third-order valence-electron chi connectivity index (χ3n) is 2.69. The number of carbonyl (C=O) groups is 1. The summed E-state index contributed by atoms with van der Waals surface area (Å²) in [5, 5.41) is 5.90. The number of nitrogens with one attached hydrogen (secondary N) is 2. The summed E-state index contributed by atoms with van der Waals surface area (Å²) in [5.41, 5.74) is 1.90. The van der Waals surface area contributed by atoms with Gasteiger partial charge in [-0.15, -0.1) is 0 Å². The van der Waals surface area contributed by atoms with Gasteiger partial charge in [0.1, 0.15) is 11.5 Å². The Morgan fingerprint density at radius 1 is 1.25 bits per heavy atom. The monoisotopic (exact) mass is 271 g/mol. The SMILES string of the molecule is CCCNc1cncc(C(=O)Nc2ccncc2C)n1. The Labute approximate surface area is 117 Å². The molecule has 2 N–H and O–H groups in total. The highest BCUT2D eigenvalue weighted by Gasteiger charge is 2.10. The van der Waals surface area contributed by atoms with E-state index in [9.17, 15) is 4.79 Å². The van der Waals surface area contributed by atoms with E-state index in [2.05, 4.69) is 32.5 Å². The van der Waals surface area contributed by atoms with Crippen LogP contribution in [0, 0.1) is 6.92 Å². The predicted octanol–water partition coefficient (Wildman–Crippen LogP) is 2.25. The molecule has 2 aromatic heterocycles. The average molecular weight is 271 g/mol. The number of pyridine rings is 1. The standard InChI is InChI=1S/C14H17N5O/c1-3-5-17-13-9-16-8-12(18-13)14(20)19-11-4-6-15-7-10(11)2/h4,6-9H,3,5H2,1-2H3,(H,17,18)(H,15,19,20). The first kappa shape index (κ1) is 13.9. The summed E-state index contributed by atoms with van der Waals surface area (Å²) in [5.74, 6) is 0.317. The second-order valence-corrected chi connectivity index (χ2v) is 4.36. The lowest BCUT2D eigenvalue weighted by molar-refractivity contribution is 0.102. The number of nitrogens with zero attached hydrogens (tertiary/aromatic N) is 3. The third kappa shape index (κ3) is 3.50. The molecule has 0 radical (unpaired) electrons. The summed E-state index contributed by atoms with van der Waals surface area (Å²) in [4.78, 5) is 24.4. The minimum atomic E-state index is -0.285. The van der Waals surface area contributed by atoms with Crippen molar-refractivity contribution >= 4 is 17.4 Å². The van der Waals surface area contributed by atoms with Crippen LogP contribution in [0.25, 0.3) is 0 Å². The van der Waals surface area contributed by atoms with Gasteiger partial charge in [0.05, 0.1) is 12.4 Å². The highest BCUT2D eigenvalue weighted by atomic mass is 16.1. The van der Waals surface area contributed by atoms with Crippen molar-refractivity contribution < 1.29 is 4.79 Å². The molecule has 0 fully saturated rings. The molecule has 0 aromatic carbocycles. The van der Waals surface area contributed by atoms with Gasteiger partial charge in [-0.05, 0) is 25.0 Å². The van der Waals surface area contributed by atoms with Crippen LogP contribution in [0.15, 0.2) is 30.9 Å². The van der Waals surface area contributed by atoms with Gasteiger partial charge < -0.3 is 10.6 Å². The predicted molar refractivity (Wildman–Crippen MR) is 77.7 cm³/mol. The Morgan fingerprint density at radius 3 is 2.85 bits per heavy atom. The molecule has 0 saturated carbocycles. The Balaban J connectivity index is 2.11.